The molecular formula is C12H16N4O. The van der Waals surface area contributed by atoms with E-state index in [0.29, 0.717) is 0 Å². The minimum absolute atomic E-state index is 0.0884. The first kappa shape index (κ1) is 11.6. The Morgan fingerprint density at radius 1 is 1.35 bits per heavy atom. The van der Waals surface area contributed by atoms with E-state index in [2.05, 4.69) is 10.3 Å². The molecule has 1 aromatic carbocycles. The molecule has 5 heteroatoms. The fourth-order valence-electron chi connectivity index (χ4n) is 1.67. The van der Waals surface area contributed by atoms with Crippen molar-refractivity contribution in [2.75, 3.05) is 7.11 Å². The molecular weight excluding hydrogens is 216 g/mol. The number of hydrogen-bond donors (Lipinski definition) is 1. The number of ether oxygens (including phenoxy) is 1. The Kier molecular flexibility index (Phi) is 3.39. The molecule has 0 saturated carbocycles. The molecule has 5 nitrogen and oxygen atoms in total. The monoisotopic (exact) mass is 232 g/mol. The van der Waals surface area contributed by atoms with Crippen molar-refractivity contribution in [3.05, 3.63) is 36.2 Å². The molecule has 2 rings (SSSR count). The molecule has 2 aromatic rings. The number of rotatable bonds is 4. The van der Waals surface area contributed by atoms with Gasteiger partial charge in [0, 0.05) is 12.5 Å². The summed E-state index contributed by atoms with van der Waals surface area (Å²) >= 11 is 0. The van der Waals surface area contributed by atoms with Crippen LogP contribution in [0.15, 0.2) is 30.5 Å². The highest BCUT2D eigenvalue weighted by atomic mass is 16.5. The minimum Gasteiger partial charge on any atom is -0.497 e. The summed E-state index contributed by atoms with van der Waals surface area (Å²) in [6, 6.07) is 7.76. The van der Waals surface area contributed by atoms with Crippen molar-refractivity contribution in [2.24, 2.45) is 5.73 Å². The molecule has 0 bridgehead atoms. The number of benzene rings is 1. The van der Waals surface area contributed by atoms with Gasteiger partial charge in [-0.25, -0.2) is 4.68 Å². The second-order valence-electron chi connectivity index (χ2n) is 4.02. The van der Waals surface area contributed by atoms with Gasteiger partial charge in [-0.3, -0.25) is 0 Å². The molecule has 0 aliphatic carbocycles. The van der Waals surface area contributed by atoms with Gasteiger partial charge in [0.15, 0.2) is 0 Å². The van der Waals surface area contributed by atoms with Crippen LogP contribution in [0.25, 0.3) is 5.69 Å². The van der Waals surface area contributed by atoms with Crippen LogP contribution < -0.4 is 10.5 Å². The van der Waals surface area contributed by atoms with Crippen LogP contribution >= 0.6 is 0 Å². The molecule has 0 amide bonds. The van der Waals surface area contributed by atoms with E-state index >= 15 is 0 Å². The molecule has 90 valence electrons. The van der Waals surface area contributed by atoms with Crippen LogP contribution in [-0.4, -0.2) is 28.1 Å². The molecule has 1 heterocycles. The lowest BCUT2D eigenvalue weighted by molar-refractivity contribution is 0.414. The van der Waals surface area contributed by atoms with Crippen molar-refractivity contribution in [3.63, 3.8) is 0 Å². The molecule has 1 atom stereocenters. The summed E-state index contributed by atoms with van der Waals surface area (Å²) in [5.74, 6) is 0.822. The zero-order valence-electron chi connectivity index (χ0n) is 10.00. The van der Waals surface area contributed by atoms with E-state index in [1.165, 1.54) is 0 Å². The van der Waals surface area contributed by atoms with E-state index < -0.39 is 0 Å². The summed E-state index contributed by atoms with van der Waals surface area (Å²) in [6.07, 6.45) is 2.49. The van der Waals surface area contributed by atoms with Crippen LogP contribution in [0, 0.1) is 0 Å². The van der Waals surface area contributed by atoms with E-state index in [4.69, 9.17) is 10.5 Å². The van der Waals surface area contributed by atoms with Gasteiger partial charge in [0.05, 0.1) is 24.7 Å². The number of methoxy groups -OCH3 is 1. The molecule has 17 heavy (non-hydrogen) atoms. The molecule has 1 unspecified atom stereocenters. The molecule has 0 saturated heterocycles. The van der Waals surface area contributed by atoms with E-state index in [1.807, 2.05) is 31.2 Å². The third-order valence-electron chi connectivity index (χ3n) is 2.47. The zero-order chi connectivity index (χ0) is 12.3. The molecule has 0 fully saturated rings. The lowest BCUT2D eigenvalue weighted by Gasteiger charge is -2.08. The lowest BCUT2D eigenvalue weighted by atomic mass is 10.2. The van der Waals surface area contributed by atoms with Crippen molar-refractivity contribution in [2.45, 2.75) is 19.4 Å². The number of nitrogens with zero attached hydrogens (tertiary/aromatic N) is 3. The molecule has 0 spiro atoms. The van der Waals surface area contributed by atoms with Crippen LogP contribution in [0.5, 0.6) is 5.75 Å². The van der Waals surface area contributed by atoms with Gasteiger partial charge in [-0.1, -0.05) is 5.21 Å². The Morgan fingerprint density at radius 3 is 2.65 bits per heavy atom. The average molecular weight is 232 g/mol. The first-order valence-electron chi connectivity index (χ1n) is 5.50. The molecule has 0 radical (unpaired) electrons. The first-order chi connectivity index (χ1) is 8.20. The lowest BCUT2D eigenvalue weighted by Crippen LogP contribution is -2.19. The number of hydrogen-bond acceptors (Lipinski definition) is 4. The van der Waals surface area contributed by atoms with Crippen molar-refractivity contribution in [3.8, 4) is 11.4 Å². The van der Waals surface area contributed by atoms with Gasteiger partial charge in [-0.2, -0.15) is 0 Å². The summed E-state index contributed by atoms with van der Waals surface area (Å²) in [5, 5.41) is 7.99. The summed E-state index contributed by atoms with van der Waals surface area (Å²) in [7, 11) is 1.64. The molecule has 1 aromatic heterocycles. The van der Waals surface area contributed by atoms with Crippen molar-refractivity contribution in [1.29, 1.82) is 0 Å². The van der Waals surface area contributed by atoms with Gasteiger partial charge in [-0.15, -0.1) is 5.10 Å². The Bertz CT molecular complexity index is 476. The van der Waals surface area contributed by atoms with Crippen LogP contribution in [-0.2, 0) is 6.42 Å². The largest absolute Gasteiger partial charge is 0.497 e. The van der Waals surface area contributed by atoms with Gasteiger partial charge in [0.2, 0.25) is 0 Å². The highest BCUT2D eigenvalue weighted by Crippen LogP contribution is 2.15. The summed E-state index contributed by atoms with van der Waals surface area (Å²) in [6.45, 7) is 1.96. The fraction of sp³-hybridized carbons (Fsp3) is 0.333. The second kappa shape index (κ2) is 4.97. The average Bonchev–Trinajstić information content (AvgIpc) is 2.76. The Hall–Kier alpha value is -1.88. The SMILES string of the molecule is COc1ccc(-n2nncc2CC(C)N)cc1. The van der Waals surface area contributed by atoms with Gasteiger partial charge < -0.3 is 10.5 Å². The Morgan fingerprint density at radius 2 is 2.06 bits per heavy atom. The smallest absolute Gasteiger partial charge is 0.119 e. The van der Waals surface area contributed by atoms with E-state index in [1.54, 1.807) is 18.0 Å². The van der Waals surface area contributed by atoms with Crippen LogP contribution in [0.3, 0.4) is 0 Å². The van der Waals surface area contributed by atoms with Gasteiger partial charge in [0.25, 0.3) is 0 Å². The van der Waals surface area contributed by atoms with Gasteiger partial charge >= 0.3 is 0 Å². The molecule has 0 aliphatic heterocycles. The topological polar surface area (TPSA) is 66.0 Å². The second-order valence-corrected chi connectivity index (χ2v) is 4.02. The Labute approximate surface area is 100 Å². The highest BCUT2D eigenvalue weighted by Gasteiger charge is 2.08. The standard InChI is InChI=1S/C12H16N4O/c1-9(13)7-11-8-14-15-16(11)10-3-5-12(17-2)6-4-10/h3-6,8-9H,7,13H2,1-2H3. The van der Waals surface area contributed by atoms with E-state index in [-0.39, 0.29) is 6.04 Å². The predicted octanol–water partition coefficient (Wildman–Crippen LogP) is 1.17. The third-order valence-corrected chi connectivity index (χ3v) is 2.47. The van der Waals surface area contributed by atoms with Gasteiger partial charge in [0.1, 0.15) is 5.75 Å². The highest BCUT2D eigenvalue weighted by molar-refractivity contribution is 5.37. The number of aromatic nitrogens is 3. The minimum atomic E-state index is 0.0884. The maximum absolute atomic E-state index is 5.79. The fourth-order valence-corrected chi connectivity index (χ4v) is 1.67. The number of nitrogens with two attached hydrogens (primary N) is 1. The summed E-state index contributed by atoms with van der Waals surface area (Å²) in [5.41, 5.74) is 7.75. The molecule has 2 N–H and O–H groups in total. The van der Waals surface area contributed by atoms with Crippen LogP contribution in [0.4, 0.5) is 0 Å². The molecule has 0 aliphatic rings. The van der Waals surface area contributed by atoms with E-state index in [9.17, 15) is 0 Å². The summed E-state index contributed by atoms with van der Waals surface area (Å²) < 4.78 is 6.91. The maximum atomic E-state index is 5.79. The predicted molar refractivity (Wildman–Crippen MR) is 65.3 cm³/mol. The Balaban J connectivity index is 2.29. The quantitative estimate of drug-likeness (QED) is 0.859. The van der Waals surface area contributed by atoms with Crippen molar-refractivity contribution >= 4 is 0 Å². The summed E-state index contributed by atoms with van der Waals surface area (Å²) in [4.78, 5) is 0. The van der Waals surface area contributed by atoms with Crippen molar-refractivity contribution in [1.82, 2.24) is 15.0 Å². The third kappa shape index (κ3) is 2.62. The van der Waals surface area contributed by atoms with Gasteiger partial charge in [-0.05, 0) is 31.2 Å². The van der Waals surface area contributed by atoms with Crippen LogP contribution in [0.1, 0.15) is 12.6 Å². The zero-order valence-corrected chi connectivity index (χ0v) is 10.00. The first-order valence-corrected chi connectivity index (χ1v) is 5.50. The maximum Gasteiger partial charge on any atom is 0.119 e. The normalized spacial score (nSPS) is 12.4. The van der Waals surface area contributed by atoms with E-state index in [0.717, 1.165) is 23.6 Å². The van der Waals surface area contributed by atoms with Crippen LogP contribution in [0.2, 0.25) is 0 Å². The van der Waals surface area contributed by atoms with Crippen molar-refractivity contribution < 1.29 is 4.74 Å².